The zero-order chi connectivity index (χ0) is 103. The molecule has 9 aromatic rings. The normalized spacial score (nSPS) is 25.8. The van der Waals surface area contributed by atoms with E-state index in [-0.39, 0.29) is 83.8 Å². The Morgan fingerprint density at radius 3 is 1.32 bits per heavy atom. The largest absolute Gasteiger partial charge is 0.494 e. The number of likely N-dealkylation sites (tertiary alicyclic amines) is 4. The minimum absolute atomic E-state index is 0.00179. The van der Waals surface area contributed by atoms with Gasteiger partial charge in [0.1, 0.15) is 41.6 Å². The van der Waals surface area contributed by atoms with Gasteiger partial charge in [0.15, 0.2) is 0 Å². The molecule has 0 spiro atoms. The third kappa shape index (κ3) is 19.4. The number of aryl methyl sites for hydroxylation is 1. The van der Waals surface area contributed by atoms with Crippen LogP contribution in [0, 0.1) is 30.6 Å². The number of aromatic amines is 3. The number of aromatic nitrogens is 6. The van der Waals surface area contributed by atoms with Gasteiger partial charge >= 0.3 is 31.5 Å². The Morgan fingerprint density at radius 2 is 0.836 bits per heavy atom. The quantitative estimate of drug-likeness (QED) is 0.0218. The molecule has 31 nitrogen and oxygen atoms in total. The number of nitrogens with one attached hydrogen (secondary N) is 7. The first kappa shape index (κ1) is 102. The summed E-state index contributed by atoms with van der Waals surface area (Å²) in [6.45, 7) is 25.8. The van der Waals surface area contributed by atoms with Crippen LogP contribution in [-0.2, 0) is 56.9 Å². The number of nitrogens with zero attached hydrogens (tertiary/aromatic N) is 8. The molecule has 5 unspecified atom stereocenters. The summed E-state index contributed by atoms with van der Waals surface area (Å²) in [5, 5.41) is 10.9. The predicted octanol–water partition coefficient (Wildman–Crippen LogP) is 19.3. The minimum atomic E-state index is -0.865. The molecule has 774 valence electrons. The number of methoxy groups -OCH3 is 6. The molecule has 6 aliphatic carbocycles. The molecule has 146 heavy (non-hydrogen) atoms. The highest BCUT2D eigenvalue weighted by Crippen LogP contribution is 2.60. The number of carbonyl (C=O) groups excluding carboxylic acids is 8. The van der Waals surface area contributed by atoms with Gasteiger partial charge < -0.3 is 93.5 Å². The zero-order valence-corrected chi connectivity index (χ0v) is 87.9. The fourth-order valence-corrected chi connectivity index (χ4v) is 26.3. The van der Waals surface area contributed by atoms with E-state index in [0.29, 0.717) is 36.0 Å². The molecule has 21 rings (SSSR count). The molecule has 20 atom stereocenters. The van der Waals surface area contributed by atoms with Crippen LogP contribution in [-0.4, -0.2) is 231 Å². The maximum absolute atomic E-state index is 14.3. The van der Waals surface area contributed by atoms with Crippen LogP contribution in [0.2, 0.25) is 0 Å². The highest BCUT2D eigenvalue weighted by Gasteiger charge is 2.56. The molecular formula is C114H144BN15O16. The van der Waals surface area contributed by atoms with Crippen LogP contribution in [0.4, 0.5) is 19.2 Å². The highest BCUT2D eigenvalue weighted by molar-refractivity contribution is 6.62. The van der Waals surface area contributed by atoms with E-state index in [4.69, 9.17) is 57.7 Å². The number of benzene rings is 6. The number of rotatable bonds is 24. The second-order valence-corrected chi connectivity index (χ2v) is 44.5. The van der Waals surface area contributed by atoms with E-state index in [1.807, 2.05) is 113 Å². The first-order chi connectivity index (χ1) is 70.1. The second-order valence-electron chi connectivity index (χ2n) is 44.5. The summed E-state index contributed by atoms with van der Waals surface area (Å²) in [5.41, 5.74) is 24.1. The van der Waals surface area contributed by atoms with E-state index in [0.717, 1.165) is 162 Å². The molecule has 6 aliphatic heterocycles. The maximum atomic E-state index is 14.3. The van der Waals surface area contributed by atoms with Crippen LogP contribution >= 0.6 is 0 Å². The lowest BCUT2D eigenvalue weighted by Crippen LogP contribution is -2.58. The van der Waals surface area contributed by atoms with Crippen molar-refractivity contribution in [1.29, 1.82) is 0 Å². The fourth-order valence-electron chi connectivity index (χ4n) is 26.3. The Balaban J connectivity index is 0.000000148. The molecule has 0 radical (unpaired) electrons. The van der Waals surface area contributed by atoms with Crippen LogP contribution in [0.1, 0.15) is 298 Å². The number of amides is 8. The monoisotopic (exact) mass is 1990 g/mol. The Labute approximate surface area is 856 Å². The van der Waals surface area contributed by atoms with Crippen LogP contribution in [0.3, 0.4) is 0 Å². The third-order valence-corrected chi connectivity index (χ3v) is 34.9. The number of aliphatic imine (C=N–C) groups is 1. The average Bonchev–Trinajstić information content (AvgIpc) is 1.57. The van der Waals surface area contributed by atoms with E-state index in [1.54, 1.807) is 39.2 Å². The van der Waals surface area contributed by atoms with Crippen molar-refractivity contribution in [1.82, 2.24) is 70.8 Å². The first-order valence-corrected chi connectivity index (χ1v) is 53.0. The molecule has 9 heterocycles. The number of ether oxygens (including phenoxy) is 6. The number of allylic oxidation sites excluding steroid dienone is 1. The number of alkyl carbamates (subject to hydrolysis) is 4. The molecule has 7 N–H and O–H groups in total. The lowest BCUT2D eigenvalue weighted by Gasteiger charge is -2.35. The second kappa shape index (κ2) is 41.8. The van der Waals surface area contributed by atoms with E-state index in [2.05, 4.69) is 141 Å². The number of carbonyl (C=O) groups is 8. The van der Waals surface area contributed by atoms with Crippen molar-refractivity contribution >= 4 is 93.9 Å². The zero-order valence-electron chi connectivity index (χ0n) is 87.9. The van der Waals surface area contributed by atoms with Crippen molar-refractivity contribution in [3.05, 3.63) is 172 Å². The van der Waals surface area contributed by atoms with E-state index in [1.165, 1.54) is 111 Å². The summed E-state index contributed by atoms with van der Waals surface area (Å²) in [5.74, 6) is 4.88. The standard InChI is InChI=1S/C54H65N7O7.C35H42N4O4.C25H37BN4O5/c1-28(2)48(58-53(64)67-6)51(62)60-29(3)11-22-44(60)50-56-40-21-18-33(24-41(40)57-50)39-20-19-38(46-35-16-17-36(23-35)47(39)46)32-14-12-31(13-15-32)37-25-42(55-27-37)45-26-34-9-8-10-43(34)61(45)52(63)49(30(4)66-5)59-54(65)68-7;1-19-8-15-26(31-25-14-13-24(16-25)30(19)31)21-9-11-22(12-10-21)27-18-36-33(37-27)29-17-23-6-5-7-28(23)39(29)34(40)32(20(2)42-3)38-35(41)43-4;1-14(2)20(29-23(32)33-8)22(31)30-15(3)9-12-19(30)21-27-17-11-10-16(13-18(17)28-21)26-34-24(4,5)25(6,7)35-26/h12-15,18-21,24,27-30,34-36,43-45,48-49H,8-11,16-17,22-23,25-26H2,1-7H3,(H,56,57)(H,58,64)(H,59,65);8-12,15,18,20,23-25,28-29,32H,5-7,13-14,16-17H2,1-4H3,(H,36,37)(H,38,41);10-11,13-15,19-20H,9,12H2,1-8H3,(H,27,28)(H,29,32)/t29-,30+,34-,35?,36?,43-,44-,45?,48-,49-;20-,23+,24?,25?,28+,29+,32+;15-,19-,20-/m010/s1. The van der Waals surface area contributed by atoms with Gasteiger partial charge in [0.25, 0.3) is 0 Å². The molecule has 6 aromatic carbocycles. The van der Waals surface area contributed by atoms with Crippen molar-refractivity contribution in [2.75, 3.05) is 42.7 Å². The van der Waals surface area contributed by atoms with Crippen LogP contribution in [0.25, 0.3) is 72.3 Å². The van der Waals surface area contributed by atoms with Gasteiger partial charge in [0.2, 0.25) is 23.6 Å². The number of fused-ring (bicyclic) bond motifs is 14. The van der Waals surface area contributed by atoms with Gasteiger partial charge in [0.05, 0.1) is 110 Å². The average molecular weight is 1990 g/mol. The molecule has 5 saturated heterocycles. The minimum Gasteiger partial charge on any atom is -0.453 e. The Bertz CT molecular complexity index is 6490. The molecule has 32 heteroatoms. The molecule has 8 amide bonds. The lowest BCUT2D eigenvalue weighted by molar-refractivity contribution is -0.140. The number of hydrogen-bond acceptors (Lipinski definition) is 20. The summed E-state index contributed by atoms with van der Waals surface area (Å²) in [6, 6.07) is 35.9. The molecule has 4 saturated carbocycles. The van der Waals surface area contributed by atoms with Gasteiger partial charge in [-0.05, 0) is 320 Å². The van der Waals surface area contributed by atoms with Crippen molar-refractivity contribution in [2.24, 2.45) is 28.7 Å². The lowest BCUT2D eigenvalue weighted by atomic mass is 9.79. The van der Waals surface area contributed by atoms with Crippen LogP contribution < -0.4 is 26.7 Å². The van der Waals surface area contributed by atoms with Gasteiger partial charge in [-0.25, -0.2) is 34.1 Å². The smallest absolute Gasteiger partial charge is 0.453 e. The maximum Gasteiger partial charge on any atom is 0.494 e. The predicted molar refractivity (Wildman–Crippen MR) is 560 cm³/mol. The number of imidazole rings is 3. The Kier molecular flexibility index (Phi) is 29.3. The summed E-state index contributed by atoms with van der Waals surface area (Å²) >= 11 is 0. The van der Waals surface area contributed by atoms with E-state index in [9.17, 15) is 38.4 Å². The summed E-state index contributed by atoms with van der Waals surface area (Å²) in [4.78, 5) is 143. The first-order valence-electron chi connectivity index (χ1n) is 53.0. The van der Waals surface area contributed by atoms with Gasteiger partial charge in [-0.15, -0.1) is 0 Å². The van der Waals surface area contributed by atoms with E-state index >= 15 is 0 Å². The van der Waals surface area contributed by atoms with Crippen molar-refractivity contribution in [2.45, 2.75) is 332 Å². The van der Waals surface area contributed by atoms with Crippen molar-refractivity contribution in [3.63, 3.8) is 0 Å². The Morgan fingerprint density at radius 1 is 0.425 bits per heavy atom. The van der Waals surface area contributed by atoms with Gasteiger partial charge in [-0.2, -0.15) is 0 Å². The topological polar surface area (TPSA) is 370 Å². The molecule has 12 aliphatic rings. The molecule has 9 fully saturated rings. The van der Waals surface area contributed by atoms with Crippen LogP contribution in [0.5, 0.6) is 0 Å². The van der Waals surface area contributed by atoms with Crippen LogP contribution in [0.15, 0.2) is 127 Å². The number of H-pyrrole nitrogens is 3. The highest BCUT2D eigenvalue weighted by atomic mass is 16.7. The van der Waals surface area contributed by atoms with Crippen molar-refractivity contribution in [3.8, 4) is 44.6 Å². The molecule has 3 aromatic heterocycles. The molecular weight excluding hydrogens is 1850 g/mol. The SMILES string of the molecule is COC(=O)N[C@H](C(=O)N1[C@@H](C)CC[C@H]1c1nc2ccc(-c3ccc(-c4ccc(C5=CN=C(C6C[C@@H]7CCC[C@@H]7N6C(=O)[C@@H](NC(=O)OC)[C@@H](C)OC)C5)cc4)c4c3C3CCC4C3)cc2[nH]1)C(C)C.COC(=O)N[C@H](C(=O)N1[C@@H](C)CC[C@H]1c1nc2ccc(B3OC(C)(C)C(C)(C)O3)cc2[nH]1)C(C)C.COC(=O)N[C@H](C(=O)N1[C@H](c2ncc(-c3ccc(-c4ccc(C)c5c4C4CCC5C4)cc3)[nH]2)C[C@@H]2CCC[C@@H]21)[C@@H](C)OC. The Hall–Kier alpha value is -12.3. The number of hydrogen-bond donors (Lipinski definition) is 7. The van der Waals surface area contributed by atoms with Gasteiger partial charge in [0, 0.05) is 56.7 Å². The van der Waals surface area contributed by atoms with E-state index < -0.39 is 79.1 Å². The molecule has 4 bridgehead atoms. The summed E-state index contributed by atoms with van der Waals surface area (Å²) < 4.78 is 42.8. The summed E-state index contributed by atoms with van der Waals surface area (Å²) in [6.07, 6.45) is 19.8. The van der Waals surface area contributed by atoms with Gasteiger partial charge in [-0.3, -0.25) is 24.2 Å². The van der Waals surface area contributed by atoms with Gasteiger partial charge in [-0.1, -0.05) is 125 Å². The van der Waals surface area contributed by atoms with Crippen molar-refractivity contribution < 1.29 is 76.1 Å². The summed E-state index contributed by atoms with van der Waals surface area (Å²) in [7, 11) is 7.84. The fraction of sp³-hybridized carbons (Fsp3) is 0.544. The third-order valence-electron chi connectivity index (χ3n) is 34.9.